The maximum atomic E-state index is 5.46. The third-order valence-corrected chi connectivity index (χ3v) is 2.36. The van der Waals surface area contributed by atoms with E-state index in [2.05, 4.69) is 5.32 Å². The van der Waals surface area contributed by atoms with Crippen molar-refractivity contribution in [1.29, 1.82) is 0 Å². The molecule has 82 valence electrons. The van der Waals surface area contributed by atoms with Gasteiger partial charge in [-0.25, -0.2) is 5.84 Å². The van der Waals surface area contributed by atoms with E-state index >= 15 is 0 Å². The van der Waals surface area contributed by atoms with Crippen molar-refractivity contribution in [3.63, 3.8) is 0 Å². The fourth-order valence-corrected chi connectivity index (χ4v) is 1.12. The first kappa shape index (κ1) is 11.7. The van der Waals surface area contributed by atoms with Crippen molar-refractivity contribution in [2.24, 2.45) is 5.84 Å². The number of benzene rings is 1. The largest absolute Gasteiger partial charge is 0.497 e. The lowest BCUT2D eigenvalue weighted by Gasteiger charge is -2.14. The van der Waals surface area contributed by atoms with Gasteiger partial charge in [0.25, 0.3) is 0 Å². The molecule has 3 N–H and O–H groups in total. The van der Waals surface area contributed by atoms with Crippen molar-refractivity contribution < 1.29 is 4.74 Å². The molecule has 0 aromatic heterocycles. The number of hydrogen-bond donors (Lipinski definition) is 2. The summed E-state index contributed by atoms with van der Waals surface area (Å²) in [5.74, 6) is 6.30. The lowest BCUT2D eigenvalue weighted by Crippen LogP contribution is -2.40. The quantitative estimate of drug-likeness (QED) is 0.454. The fourth-order valence-electron chi connectivity index (χ4n) is 1.05. The van der Waals surface area contributed by atoms with Crippen LogP contribution in [0.25, 0.3) is 0 Å². The minimum Gasteiger partial charge on any atom is -0.497 e. The van der Waals surface area contributed by atoms with E-state index in [1.165, 1.54) is 5.01 Å². The first-order valence-electron chi connectivity index (χ1n) is 4.52. The van der Waals surface area contributed by atoms with Gasteiger partial charge in [-0.05, 0) is 29.9 Å². The van der Waals surface area contributed by atoms with E-state index in [-0.39, 0.29) is 0 Å². The Morgan fingerprint density at radius 1 is 1.47 bits per heavy atom. The molecule has 0 aliphatic heterocycles. The normalized spacial score (nSPS) is 9.53. The summed E-state index contributed by atoms with van der Waals surface area (Å²) in [5.41, 5.74) is 1.13. The molecule has 0 spiro atoms. The van der Waals surface area contributed by atoms with Crippen molar-refractivity contribution in [1.82, 2.24) is 10.3 Å². The van der Waals surface area contributed by atoms with Crippen LogP contribution in [0.3, 0.4) is 0 Å². The molecule has 0 aliphatic rings. The van der Waals surface area contributed by atoms with Crippen molar-refractivity contribution in [2.45, 2.75) is 6.54 Å². The maximum absolute atomic E-state index is 5.46. The van der Waals surface area contributed by atoms with Crippen LogP contribution in [-0.4, -0.2) is 24.3 Å². The second-order valence-electron chi connectivity index (χ2n) is 3.12. The first-order valence-corrected chi connectivity index (χ1v) is 4.93. The monoisotopic (exact) mass is 225 g/mol. The predicted molar refractivity (Wildman–Crippen MR) is 64.4 cm³/mol. The molecular weight excluding hydrogens is 210 g/mol. The Balaban J connectivity index is 2.47. The molecule has 4 nitrogen and oxygen atoms in total. The van der Waals surface area contributed by atoms with Crippen LogP contribution in [0.15, 0.2) is 24.3 Å². The maximum Gasteiger partial charge on any atom is 0.183 e. The van der Waals surface area contributed by atoms with Crippen LogP contribution in [0.1, 0.15) is 5.56 Å². The number of hydrazine groups is 1. The van der Waals surface area contributed by atoms with E-state index in [1.807, 2.05) is 24.3 Å². The van der Waals surface area contributed by atoms with Crippen LogP contribution < -0.4 is 15.9 Å². The first-order chi connectivity index (χ1) is 7.13. The van der Waals surface area contributed by atoms with Crippen LogP contribution >= 0.6 is 12.2 Å². The third-order valence-electron chi connectivity index (χ3n) is 1.92. The Labute approximate surface area is 95.0 Å². The van der Waals surface area contributed by atoms with Gasteiger partial charge in [0.2, 0.25) is 0 Å². The Morgan fingerprint density at radius 2 is 2.07 bits per heavy atom. The number of rotatable bonds is 3. The van der Waals surface area contributed by atoms with Crippen LogP contribution in [0.2, 0.25) is 0 Å². The number of nitrogens with zero attached hydrogens (tertiary/aromatic N) is 1. The second kappa shape index (κ2) is 5.53. The van der Waals surface area contributed by atoms with Crippen LogP contribution in [0, 0.1) is 0 Å². The summed E-state index contributed by atoms with van der Waals surface area (Å²) in [6, 6.07) is 7.77. The van der Waals surface area contributed by atoms with Crippen molar-refractivity contribution in [2.75, 3.05) is 14.2 Å². The van der Waals surface area contributed by atoms with E-state index in [9.17, 15) is 0 Å². The van der Waals surface area contributed by atoms with Crippen LogP contribution in [0.5, 0.6) is 5.75 Å². The molecule has 1 aromatic rings. The van der Waals surface area contributed by atoms with E-state index < -0.39 is 0 Å². The third kappa shape index (κ3) is 3.73. The van der Waals surface area contributed by atoms with Crippen LogP contribution in [-0.2, 0) is 6.54 Å². The van der Waals surface area contributed by atoms with Gasteiger partial charge >= 0.3 is 0 Å². The average Bonchev–Trinajstić information content (AvgIpc) is 2.26. The van der Waals surface area contributed by atoms with E-state index in [0.29, 0.717) is 11.7 Å². The number of nitrogens with two attached hydrogens (primary N) is 1. The molecule has 1 rings (SSSR count). The molecule has 0 unspecified atom stereocenters. The topological polar surface area (TPSA) is 50.5 Å². The summed E-state index contributed by atoms with van der Waals surface area (Å²) in [4.78, 5) is 0. The molecule has 0 heterocycles. The van der Waals surface area contributed by atoms with Gasteiger partial charge in [0.15, 0.2) is 5.11 Å². The highest BCUT2D eigenvalue weighted by Crippen LogP contribution is 2.10. The molecule has 0 saturated carbocycles. The van der Waals surface area contributed by atoms with Crippen molar-refractivity contribution in [3.05, 3.63) is 29.8 Å². The minimum absolute atomic E-state index is 0.519. The smallest absolute Gasteiger partial charge is 0.183 e. The fraction of sp³-hybridized carbons (Fsp3) is 0.300. The lowest BCUT2D eigenvalue weighted by molar-refractivity contribution is 0.414. The summed E-state index contributed by atoms with van der Waals surface area (Å²) < 4.78 is 5.06. The summed E-state index contributed by atoms with van der Waals surface area (Å²) >= 11 is 4.99. The summed E-state index contributed by atoms with van der Waals surface area (Å²) in [7, 11) is 3.34. The second-order valence-corrected chi connectivity index (χ2v) is 3.50. The Morgan fingerprint density at radius 3 is 2.53 bits per heavy atom. The Bertz CT molecular complexity index is 324. The molecule has 0 amide bonds. The Hall–Kier alpha value is -1.33. The van der Waals surface area contributed by atoms with Gasteiger partial charge in [-0.15, -0.1) is 0 Å². The number of methoxy groups -OCH3 is 1. The SMILES string of the molecule is COc1ccc(CNC(=S)N(C)N)cc1. The van der Waals surface area contributed by atoms with E-state index in [0.717, 1.165) is 11.3 Å². The Kier molecular flexibility index (Phi) is 4.33. The summed E-state index contributed by atoms with van der Waals surface area (Å²) in [6.45, 7) is 0.657. The van der Waals surface area contributed by atoms with Gasteiger partial charge in [-0.1, -0.05) is 12.1 Å². The molecule has 0 fully saturated rings. The summed E-state index contributed by atoms with van der Waals surface area (Å²) in [5, 5.41) is 4.92. The number of ether oxygens (including phenoxy) is 1. The average molecular weight is 225 g/mol. The molecule has 0 radical (unpaired) electrons. The van der Waals surface area contributed by atoms with Gasteiger partial charge < -0.3 is 10.1 Å². The van der Waals surface area contributed by atoms with Crippen LogP contribution in [0.4, 0.5) is 0 Å². The van der Waals surface area contributed by atoms with Gasteiger partial charge in [0, 0.05) is 13.6 Å². The van der Waals surface area contributed by atoms with E-state index in [1.54, 1.807) is 14.2 Å². The predicted octanol–water partition coefficient (Wildman–Crippen LogP) is 0.875. The molecule has 0 bridgehead atoms. The highest BCUT2D eigenvalue weighted by Gasteiger charge is 1.98. The molecule has 1 aromatic carbocycles. The zero-order chi connectivity index (χ0) is 11.3. The van der Waals surface area contributed by atoms with Gasteiger partial charge in [-0.3, -0.25) is 5.01 Å². The number of hydrogen-bond acceptors (Lipinski definition) is 3. The highest BCUT2D eigenvalue weighted by molar-refractivity contribution is 7.80. The lowest BCUT2D eigenvalue weighted by atomic mass is 10.2. The van der Waals surface area contributed by atoms with Crippen molar-refractivity contribution in [3.8, 4) is 5.75 Å². The van der Waals surface area contributed by atoms with Gasteiger partial charge in [-0.2, -0.15) is 0 Å². The molecule has 0 atom stereocenters. The molecule has 15 heavy (non-hydrogen) atoms. The molecule has 0 aliphatic carbocycles. The molecule has 5 heteroatoms. The van der Waals surface area contributed by atoms with Crippen molar-refractivity contribution >= 4 is 17.3 Å². The zero-order valence-corrected chi connectivity index (χ0v) is 9.67. The number of nitrogens with one attached hydrogen (secondary N) is 1. The highest BCUT2D eigenvalue weighted by atomic mass is 32.1. The van der Waals surface area contributed by atoms with E-state index in [4.69, 9.17) is 22.8 Å². The summed E-state index contributed by atoms with van der Waals surface area (Å²) in [6.07, 6.45) is 0. The molecule has 0 saturated heterocycles. The standard InChI is InChI=1S/C10H15N3OS/c1-13(11)10(15)12-7-8-3-5-9(14-2)6-4-8/h3-6H,7,11H2,1-2H3,(H,12,15). The minimum atomic E-state index is 0.519. The van der Waals surface area contributed by atoms with Gasteiger partial charge in [0.1, 0.15) is 5.75 Å². The number of thiocarbonyl (C=S) groups is 1. The van der Waals surface area contributed by atoms with Gasteiger partial charge in [0.05, 0.1) is 7.11 Å². The zero-order valence-electron chi connectivity index (χ0n) is 8.86. The molecular formula is C10H15N3OS.